The van der Waals surface area contributed by atoms with E-state index in [0.29, 0.717) is 24.2 Å². The van der Waals surface area contributed by atoms with Crippen molar-refractivity contribution in [3.05, 3.63) is 59.7 Å². The van der Waals surface area contributed by atoms with Gasteiger partial charge in [-0.15, -0.1) is 0 Å². The molecule has 0 saturated heterocycles. The van der Waals surface area contributed by atoms with Crippen LogP contribution in [0.3, 0.4) is 0 Å². The molecule has 138 valence electrons. The third-order valence-corrected chi connectivity index (χ3v) is 3.99. The lowest BCUT2D eigenvalue weighted by Crippen LogP contribution is -2.34. The van der Waals surface area contributed by atoms with Crippen LogP contribution in [0.5, 0.6) is 0 Å². The van der Waals surface area contributed by atoms with Crippen molar-refractivity contribution >= 4 is 23.2 Å². The fourth-order valence-corrected chi connectivity index (χ4v) is 2.38. The predicted octanol–water partition coefficient (Wildman–Crippen LogP) is 1.98. The Morgan fingerprint density at radius 1 is 0.654 bits per heavy atom. The van der Waals surface area contributed by atoms with Crippen LogP contribution in [0.15, 0.2) is 48.5 Å². The Morgan fingerprint density at radius 3 is 1.23 bits per heavy atom. The van der Waals surface area contributed by atoms with Gasteiger partial charge in [-0.05, 0) is 48.5 Å². The minimum Gasteiger partial charge on any atom is -0.378 e. The van der Waals surface area contributed by atoms with E-state index in [1.54, 1.807) is 24.3 Å². The van der Waals surface area contributed by atoms with Crippen LogP contribution in [0.25, 0.3) is 0 Å². The van der Waals surface area contributed by atoms with Gasteiger partial charge in [0.05, 0.1) is 0 Å². The van der Waals surface area contributed by atoms with Gasteiger partial charge in [-0.25, -0.2) is 0 Å². The highest BCUT2D eigenvalue weighted by Crippen LogP contribution is 2.13. The number of rotatable bonds is 7. The van der Waals surface area contributed by atoms with Crippen LogP contribution in [0.1, 0.15) is 20.7 Å². The van der Waals surface area contributed by atoms with Crippen LogP contribution >= 0.6 is 0 Å². The molecule has 0 atom stereocenters. The summed E-state index contributed by atoms with van der Waals surface area (Å²) in [5.41, 5.74) is 3.27. The van der Waals surface area contributed by atoms with Crippen LogP contribution in [0, 0.1) is 0 Å². The first kappa shape index (κ1) is 19.3. The molecule has 2 rings (SSSR count). The number of nitrogens with zero attached hydrogens (tertiary/aromatic N) is 2. The monoisotopic (exact) mass is 354 g/mol. The number of benzene rings is 2. The van der Waals surface area contributed by atoms with E-state index in [0.717, 1.165) is 11.4 Å². The first-order chi connectivity index (χ1) is 12.4. The Balaban J connectivity index is 1.77. The fourth-order valence-electron chi connectivity index (χ4n) is 2.38. The second kappa shape index (κ2) is 8.89. The maximum atomic E-state index is 12.1. The summed E-state index contributed by atoms with van der Waals surface area (Å²) in [6.45, 7) is 0.742. The first-order valence-corrected chi connectivity index (χ1v) is 8.49. The Kier molecular flexibility index (Phi) is 6.60. The molecule has 0 bridgehead atoms. The number of amides is 2. The molecule has 0 aliphatic rings. The Morgan fingerprint density at radius 2 is 0.962 bits per heavy atom. The minimum absolute atomic E-state index is 0.153. The molecule has 6 heteroatoms. The van der Waals surface area contributed by atoms with Crippen molar-refractivity contribution in [3.63, 3.8) is 0 Å². The smallest absolute Gasteiger partial charge is 0.251 e. The van der Waals surface area contributed by atoms with Gasteiger partial charge in [0.2, 0.25) is 0 Å². The van der Waals surface area contributed by atoms with Gasteiger partial charge < -0.3 is 20.4 Å². The Labute approximate surface area is 154 Å². The summed E-state index contributed by atoms with van der Waals surface area (Å²) < 4.78 is 0. The zero-order valence-electron chi connectivity index (χ0n) is 15.7. The van der Waals surface area contributed by atoms with Gasteiger partial charge in [0.25, 0.3) is 11.8 Å². The number of anilines is 2. The summed E-state index contributed by atoms with van der Waals surface area (Å²) in [7, 11) is 7.80. The van der Waals surface area contributed by atoms with Crippen LogP contribution in [-0.4, -0.2) is 53.1 Å². The van der Waals surface area contributed by atoms with Crippen LogP contribution < -0.4 is 20.4 Å². The van der Waals surface area contributed by atoms with E-state index in [9.17, 15) is 9.59 Å². The molecule has 2 aromatic carbocycles. The second-order valence-electron chi connectivity index (χ2n) is 6.39. The molecule has 0 radical (unpaired) electrons. The van der Waals surface area contributed by atoms with Crippen LogP contribution in [0.2, 0.25) is 0 Å². The highest BCUT2D eigenvalue weighted by atomic mass is 16.2. The van der Waals surface area contributed by atoms with Gasteiger partial charge in [-0.3, -0.25) is 9.59 Å². The van der Waals surface area contributed by atoms with E-state index in [4.69, 9.17) is 0 Å². The zero-order valence-corrected chi connectivity index (χ0v) is 15.7. The van der Waals surface area contributed by atoms with Gasteiger partial charge in [0, 0.05) is 63.8 Å². The number of hydrogen-bond donors (Lipinski definition) is 2. The van der Waals surface area contributed by atoms with Crippen molar-refractivity contribution in [1.29, 1.82) is 0 Å². The standard InChI is InChI=1S/C20H26N4O2/c1-23(2)17-9-5-15(6-10-17)19(25)21-13-14-22-20(26)16-7-11-18(12-8-16)24(3)4/h5-12H,13-14H2,1-4H3,(H,21,25)(H,22,26). The van der Waals surface area contributed by atoms with Gasteiger partial charge >= 0.3 is 0 Å². The minimum atomic E-state index is -0.153. The lowest BCUT2D eigenvalue weighted by Gasteiger charge is -2.13. The van der Waals surface area contributed by atoms with Crippen molar-refractivity contribution in [2.24, 2.45) is 0 Å². The SMILES string of the molecule is CN(C)c1ccc(C(=O)NCCNC(=O)c2ccc(N(C)C)cc2)cc1. The lowest BCUT2D eigenvalue weighted by molar-refractivity contribution is 0.0927. The van der Waals surface area contributed by atoms with E-state index in [-0.39, 0.29) is 11.8 Å². The average Bonchev–Trinajstić information content (AvgIpc) is 2.65. The third kappa shape index (κ3) is 5.24. The van der Waals surface area contributed by atoms with Gasteiger partial charge in [-0.2, -0.15) is 0 Å². The van der Waals surface area contributed by atoms with Crippen molar-refractivity contribution in [2.75, 3.05) is 51.1 Å². The maximum absolute atomic E-state index is 12.1. The van der Waals surface area contributed by atoms with Gasteiger partial charge in [-0.1, -0.05) is 0 Å². The largest absolute Gasteiger partial charge is 0.378 e. The molecule has 2 N–H and O–H groups in total. The molecular weight excluding hydrogens is 328 g/mol. The summed E-state index contributed by atoms with van der Waals surface area (Å²) >= 11 is 0. The zero-order chi connectivity index (χ0) is 19.1. The number of carbonyl (C=O) groups is 2. The highest BCUT2D eigenvalue weighted by Gasteiger charge is 2.07. The molecule has 0 saturated carbocycles. The fraction of sp³-hybridized carbons (Fsp3) is 0.300. The van der Waals surface area contributed by atoms with E-state index in [1.165, 1.54) is 0 Å². The van der Waals surface area contributed by atoms with Gasteiger partial charge in [0.1, 0.15) is 0 Å². The molecular formula is C20H26N4O2. The summed E-state index contributed by atoms with van der Waals surface area (Å²) in [6, 6.07) is 14.7. The molecule has 0 aromatic heterocycles. The van der Waals surface area contributed by atoms with Crippen molar-refractivity contribution < 1.29 is 9.59 Å². The van der Waals surface area contributed by atoms with Crippen molar-refractivity contribution in [2.45, 2.75) is 0 Å². The molecule has 0 aliphatic carbocycles. The van der Waals surface area contributed by atoms with E-state index in [2.05, 4.69) is 10.6 Å². The summed E-state index contributed by atoms with van der Waals surface area (Å²) in [4.78, 5) is 28.1. The van der Waals surface area contributed by atoms with E-state index in [1.807, 2.05) is 62.3 Å². The predicted molar refractivity (Wildman–Crippen MR) is 106 cm³/mol. The maximum Gasteiger partial charge on any atom is 0.251 e. The molecule has 0 spiro atoms. The first-order valence-electron chi connectivity index (χ1n) is 8.49. The molecule has 0 fully saturated rings. The summed E-state index contributed by atoms with van der Waals surface area (Å²) in [5, 5.41) is 5.61. The third-order valence-electron chi connectivity index (χ3n) is 3.99. The number of hydrogen-bond acceptors (Lipinski definition) is 4. The summed E-state index contributed by atoms with van der Waals surface area (Å²) in [6.07, 6.45) is 0. The number of nitrogens with one attached hydrogen (secondary N) is 2. The molecule has 26 heavy (non-hydrogen) atoms. The topological polar surface area (TPSA) is 64.7 Å². The Bertz CT molecular complexity index is 672. The quantitative estimate of drug-likeness (QED) is 0.747. The molecule has 0 aliphatic heterocycles. The lowest BCUT2D eigenvalue weighted by atomic mass is 10.2. The normalized spacial score (nSPS) is 10.2. The van der Waals surface area contributed by atoms with Crippen LogP contribution in [-0.2, 0) is 0 Å². The summed E-state index contributed by atoms with van der Waals surface area (Å²) in [5.74, 6) is -0.306. The van der Waals surface area contributed by atoms with E-state index < -0.39 is 0 Å². The molecule has 2 aromatic rings. The van der Waals surface area contributed by atoms with Gasteiger partial charge in [0.15, 0.2) is 0 Å². The van der Waals surface area contributed by atoms with E-state index >= 15 is 0 Å². The second-order valence-corrected chi connectivity index (χ2v) is 6.39. The van der Waals surface area contributed by atoms with Crippen molar-refractivity contribution in [3.8, 4) is 0 Å². The molecule has 0 heterocycles. The average molecular weight is 354 g/mol. The van der Waals surface area contributed by atoms with Crippen molar-refractivity contribution in [1.82, 2.24) is 10.6 Å². The highest BCUT2D eigenvalue weighted by molar-refractivity contribution is 5.95. The Hall–Kier alpha value is -3.02. The molecule has 2 amide bonds. The number of carbonyl (C=O) groups excluding carboxylic acids is 2. The molecule has 6 nitrogen and oxygen atoms in total. The van der Waals surface area contributed by atoms with Crippen LogP contribution in [0.4, 0.5) is 11.4 Å². The molecule has 0 unspecified atom stereocenters.